The third-order valence-corrected chi connectivity index (χ3v) is 18.1. The fourth-order valence-corrected chi connectivity index (χ4v) is 16.4. The van der Waals surface area contributed by atoms with Gasteiger partial charge in [0.05, 0.1) is 0 Å². The Balaban J connectivity index is 2.02. The van der Waals surface area contributed by atoms with Gasteiger partial charge in [0.1, 0.15) is 0 Å². The van der Waals surface area contributed by atoms with Crippen LogP contribution in [-0.4, -0.2) is 153 Å². The first-order valence-corrected chi connectivity index (χ1v) is 26.3. The van der Waals surface area contributed by atoms with E-state index in [1.54, 1.807) is 72.9 Å². The molecule has 0 radical (unpaired) electrons. The molecule has 11 N–H and O–H groups in total. The van der Waals surface area contributed by atoms with Crippen molar-refractivity contribution in [3.05, 3.63) is 43.7 Å². The second-order valence-corrected chi connectivity index (χ2v) is 23.0. The van der Waals surface area contributed by atoms with Gasteiger partial charge in [-0.3, -0.25) is 0 Å². The van der Waals surface area contributed by atoms with Crippen molar-refractivity contribution >= 4 is 154 Å². The SMILES string of the molecule is C[C@H](O)C(=O)Nc1c(I)c(C(=O)NC(CO)CO)c(I)c(C(=O)NC(CO)CO)c1[I-]N(C(=O)c1c(I)c(N)c(I)c(C(=O)NC2COC(C)(C)OC2)c1I)C1COC(C)(C)OC1. The fourth-order valence-electron chi connectivity index (χ4n) is 5.69. The number of carbonyl (C=O) groups excluding carboxylic acids is 5. The Labute approximate surface area is 441 Å². The zero-order valence-corrected chi connectivity index (χ0v) is 47.2. The first kappa shape index (κ1) is 55.2. The number of benzene rings is 2. The molecule has 0 saturated carbocycles. The minimum absolute atomic E-state index is 0.00590. The zero-order chi connectivity index (χ0) is 47.3. The van der Waals surface area contributed by atoms with Crippen molar-refractivity contribution in [3.8, 4) is 0 Å². The first-order chi connectivity index (χ1) is 29.4. The summed E-state index contributed by atoms with van der Waals surface area (Å²) in [6.45, 7) is 5.65. The summed E-state index contributed by atoms with van der Waals surface area (Å²) in [5.41, 5.74) is 6.43. The van der Waals surface area contributed by atoms with Crippen molar-refractivity contribution in [2.24, 2.45) is 0 Å². The molecule has 0 unspecified atom stereocenters. The van der Waals surface area contributed by atoms with Gasteiger partial charge in [-0.05, 0) is 0 Å². The van der Waals surface area contributed by atoms with Crippen LogP contribution in [0.5, 0.6) is 0 Å². The molecule has 0 spiro atoms. The number of nitrogens with one attached hydrogen (secondary N) is 4. The average Bonchev–Trinajstić information content (AvgIpc) is 3.22. The first-order valence-electron chi connectivity index (χ1n) is 18.8. The average molecular weight is 1560 g/mol. The summed E-state index contributed by atoms with van der Waals surface area (Å²) < 4.78 is 26.1. The van der Waals surface area contributed by atoms with Crippen LogP contribution in [0.25, 0.3) is 0 Å². The number of carbonyl (C=O) groups is 5. The summed E-state index contributed by atoms with van der Waals surface area (Å²) in [6.07, 6.45) is -1.59. The van der Waals surface area contributed by atoms with Crippen molar-refractivity contribution in [3.63, 3.8) is 0 Å². The van der Waals surface area contributed by atoms with E-state index < -0.39 is 119 Å². The van der Waals surface area contributed by atoms with Crippen LogP contribution in [0.2, 0.25) is 0 Å². The second kappa shape index (κ2) is 23.8. The van der Waals surface area contributed by atoms with Crippen LogP contribution in [0.1, 0.15) is 76.1 Å². The Hall–Kier alpha value is -0.390. The zero-order valence-electron chi connectivity index (χ0n) is 34.2. The molecule has 20 nitrogen and oxygen atoms in total. The molecule has 2 aromatic rings. The number of nitrogens with two attached hydrogens (primary N) is 1. The van der Waals surface area contributed by atoms with Gasteiger partial charge < -0.3 is 0 Å². The number of anilines is 2. The van der Waals surface area contributed by atoms with E-state index in [1.807, 2.05) is 67.8 Å². The summed E-state index contributed by atoms with van der Waals surface area (Å²) in [4.78, 5) is 71.3. The minimum atomic E-state index is -2.07. The molecule has 2 aliphatic heterocycles. The van der Waals surface area contributed by atoms with Crippen LogP contribution in [0, 0.1) is 21.4 Å². The van der Waals surface area contributed by atoms with Gasteiger partial charge in [-0.2, -0.15) is 0 Å². The Kier molecular flexibility index (Phi) is 20.8. The van der Waals surface area contributed by atoms with E-state index in [1.165, 1.54) is 10.0 Å². The number of hydrogen-bond donors (Lipinski definition) is 10. The molecular formula is C37H47I6N6O14-. The van der Waals surface area contributed by atoms with Gasteiger partial charge in [0, 0.05) is 0 Å². The van der Waals surface area contributed by atoms with E-state index in [9.17, 15) is 44.7 Å². The third-order valence-electron chi connectivity index (χ3n) is 9.28. The van der Waals surface area contributed by atoms with Gasteiger partial charge in [-0.25, -0.2) is 0 Å². The van der Waals surface area contributed by atoms with Crippen LogP contribution in [0.15, 0.2) is 0 Å². The third kappa shape index (κ3) is 13.4. The Morgan fingerprint density at radius 3 is 1.60 bits per heavy atom. The van der Waals surface area contributed by atoms with Crippen LogP contribution in [0.4, 0.5) is 11.4 Å². The van der Waals surface area contributed by atoms with E-state index in [0.717, 1.165) is 0 Å². The van der Waals surface area contributed by atoms with Gasteiger partial charge in [0.25, 0.3) is 0 Å². The topological polar surface area (TPSA) is 301 Å². The molecule has 2 heterocycles. The van der Waals surface area contributed by atoms with E-state index in [-0.39, 0.29) is 74.3 Å². The Bertz CT molecular complexity index is 2070. The van der Waals surface area contributed by atoms with Crippen molar-refractivity contribution in [2.45, 2.75) is 76.5 Å². The van der Waals surface area contributed by atoms with Gasteiger partial charge in [-0.1, -0.05) is 0 Å². The normalized spacial score (nSPS) is 17.1. The maximum absolute atomic E-state index is 15.5. The number of halogens is 6. The fraction of sp³-hybridized carbons (Fsp3) is 0.541. The number of aliphatic hydroxyl groups excluding tert-OH is 5. The van der Waals surface area contributed by atoms with Crippen LogP contribution >= 0.6 is 113 Å². The summed E-state index contributed by atoms with van der Waals surface area (Å²) in [5.74, 6) is -5.78. The molecule has 1 atom stereocenters. The summed E-state index contributed by atoms with van der Waals surface area (Å²) in [5, 5.41) is 60.5. The van der Waals surface area contributed by atoms with Gasteiger partial charge in [-0.15, -0.1) is 0 Å². The number of nitrogen functional groups attached to an aromatic ring is 1. The predicted molar refractivity (Wildman–Crippen MR) is 264 cm³/mol. The number of rotatable bonds is 16. The summed E-state index contributed by atoms with van der Waals surface area (Å²) >= 11 is 7.29. The molecule has 26 heteroatoms. The Morgan fingerprint density at radius 1 is 0.698 bits per heavy atom. The number of aliphatic hydroxyl groups is 5. The monoisotopic (exact) mass is 1560 g/mol. The summed E-state index contributed by atoms with van der Waals surface area (Å²) in [6, 6.07) is -3.67. The molecule has 2 saturated heterocycles. The molecule has 4 rings (SSSR count). The number of amides is 5. The van der Waals surface area contributed by atoms with E-state index >= 15 is 4.79 Å². The predicted octanol–water partition coefficient (Wildman–Crippen LogP) is -1.87. The van der Waals surface area contributed by atoms with Gasteiger partial charge in [0.15, 0.2) is 0 Å². The number of hydrogen-bond acceptors (Lipinski definition) is 15. The molecule has 2 aliphatic rings. The molecule has 2 fully saturated rings. The van der Waals surface area contributed by atoms with E-state index in [0.29, 0.717) is 7.14 Å². The Morgan fingerprint density at radius 2 is 1.13 bits per heavy atom. The molecule has 352 valence electrons. The quantitative estimate of drug-likeness (QED) is 0.0501. The van der Waals surface area contributed by atoms with E-state index in [4.69, 9.17) is 24.7 Å². The van der Waals surface area contributed by atoms with Crippen molar-refractivity contribution in [2.75, 3.05) is 63.9 Å². The van der Waals surface area contributed by atoms with Crippen molar-refractivity contribution < 1.29 is 89.9 Å². The van der Waals surface area contributed by atoms with Crippen molar-refractivity contribution in [1.29, 1.82) is 0 Å². The summed E-state index contributed by atoms with van der Waals surface area (Å²) in [7, 11) is 0. The molecule has 0 aromatic heterocycles. The second-order valence-electron chi connectivity index (χ2n) is 15.0. The number of ether oxygens (including phenoxy) is 4. The van der Waals surface area contributed by atoms with Crippen molar-refractivity contribution in [1.82, 2.24) is 19.1 Å². The van der Waals surface area contributed by atoms with Gasteiger partial charge >= 0.3 is 447 Å². The molecule has 63 heavy (non-hydrogen) atoms. The van der Waals surface area contributed by atoms with E-state index in [2.05, 4.69) is 21.3 Å². The molecule has 0 bridgehead atoms. The molecular weight excluding hydrogens is 1510 g/mol. The maximum atomic E-state index is 15.5. The number of nitrogens with zero attached hydrogens (tertiary/aromatic N) is 1. The van der Waals surface area contributed by atoms with Gasteiger partial charge in [0.2, 0.25) is 0 Å². The standard InChI is InChI=1S/C37H47I6N6O14/c1-14(54)31(55)48-30-27(42)20(33(57)45-15(6-50)7-51)24(39)22(34(58)46-16(8-52)9-53)28(30)43-49(18-12-62-37(4,5)63-13-18)35(59)21-23(38)19(25(40)29(44)26(21)41)32(56)47-17-10-60-36(2,3)61-11-17/h14-18,50-54H,6-13,44H2,1-5H3,(H,45,57)(H,46,58)(H,47,56)(H,48,55)/q-1/t14-/m0/s1. The van der Waals surface area contributed by atoms with Crippen LogP contribution in [-0.2, 0) is 23.7 Å². The molecule has 2 aromatic carbocycles. The molecule has 5 amide bonds. The molecule has 0 aliphatic carbocycles. The van der Waals surface area contributed by atoms with Crippen LogP contribution < -0.4 is 48.5 Å². The van der Waals surface area contributed by atoms with Crippen LogP contribution in [0.3, 0.4) is 0 Å².